The third-order valence-electron chi connectivity index (χ3n) is 2.67. The highest BCUT2D eigenvalue weighted by Gasteiger charge is 2.16. The molecule has 0 fully saturated rings. The van der Waals surface area contributed by atoms with Crippen molar-refractivity contribution >= 4 is 11.6 Å². The summed E-state index contributed by atoms with van der Waals surface area (Å²) in [7, 11) is 0. The summed E-state index contributed by atoms with van der Waals surface area (Å²) < 4.78 is 0. The van der Waals surface area contributed by atoms with Gasteiger partial charge in [0.25, 0.3) is 0 Å². The zero-order chi connectivity index (χ0) is 8.55. The van der Waals surface area contributed by atoms with Crippen LogP contribution in [0.4, 0.5) is 0 Å². The molecule has 1 unspecified atom stereocenters. The van der Waals surface area contributed by atoms with Crippen LogP contribution >= 0.6 is 11.6 Å². The molecule has 12 heavy (non-hydrogen) atoms. The van der Waals surface area contributed by atoms with E-state index in [1.165, 1.54) is 24.0 Å². The molecule has 0 N–H and O–H groups in total. The molecule has 1 aliphatic carbocycles. The van der Waals surface area contributed by atoms with Crippen molar-refractivity contribution in [2.75, 3.05) is 0 Å². The Bertz CT molecular complexity index is 291. The van der Waals surface area contributed by atoms with E-state index < -0.39 is 0 Å². The van der Waals surface area contributed by atoms with Crippen LogP contribution in [-0.2, 0) is 12.8 Å². The first-order chi connectivity index (χ1) is 5.77. The van der Waals surface area contributed by atoms with Gasteiger partial charge in [0.05, 0.1) is 0 Å². The lowest BCUT2D eigenvalue weighted by Crippen LogP contribution is -2.11. The maximum absolute atomic E-state index is 6.09. The summed E-state index contributed by atoms with van der Waals surface area (Å²) in [4.78, 5) is 0. The predicted molar refractivity (Wildman–Crippen MR) is 52.6 cm³/mol. The molecule has 1 aliphatic rings. The van der Waals surface area contributed by atoms with Crippen LogP contribution in [0.15, 0.2) is 18.2 Å². The Morgan fingerprint density at radius 1 is 1.42 bits per heavy atom. The Morgan fingerprint density at radius 2 is 2.25 bits per heavy atom. The van der Waals surface area contributed by atoms with Crippen LogP contribution in [0.1, 0.15) is 24.5 Å². The SMILES string of the molecule is CC1CCc2c(Cl)cccc2C1. The Hall–Kier alpha value is -0.490. The van der Waals surface area contributed by atoms with Crippen molar-refractivity contribution < 1.29 is 0 Å². The van der Waals surface area contributed by atoms with Crippen molar-refractivity contribution in [1.29, 1.82) is 0 Å². The zero-order valence-electron chi connectivity index (χ0n) is 7.31. The molecule has 64 valence electrons. The summed E-state index contributed by atoms with van der Waals surface area (Å²) >= 11 is 6.09. The highest BCUT2D eigenvalue weighted by molar-refractivity contribution is 6.31. The van der Waals surface area contributed by atoms with Crippen LogP contribution in [0.5, 0.6) is 0 Å². The second kappa shape index (κ2) is 3.10. The van der Waals surface area contributed by atoms with Crippen LogP contribution in [0.2, 0.25) is 5.02 Å². The van der Waals surface area contributed by atoms with E-state index in [9.17, 15) is 0 Å². The average Bonchev–Trinajstić information content (AvgIpc) is 2.04. The van der Waals surface area contributed by atoms with Gasteiger partial charge in [0.1, 0.15) is 0 Å². The highest BCUT2D eigenvalue weighted by atomic mass is 35.5. The van der Waals surface area contributed by atoms with Crippen molar-refractivity contribution in [3.63, 3.8) is 0 Å². The monoisotopic (exact) mass is 180 g/mol. The molecule has 0 saturated carbocycles. The van der Waals surface area contributed by atoms with Gasteiger partial charge in [-0.25, -0.2) is 0 Å². The number of benzene rings is 1. The quantitative estimate of drug-likeness (QED) is 0.574. The molecule has 1 atom stereocenters. The number of halogens is 1. The molecule has 0 spiro atoms. The lowest BCUT2D eigenvalue weighted by molar-refractivity contribution is 0.501. The van der Waals surface area contributed by atoms with Gasteiger partial charge in [-0.15, -0.1) is 0 Å². The van der Waals surface area contributed by atoms with Crippen LogP contribution < -0.4 is 0 Å². The van der Waals surface area contributed by atoms with E-state index in [0.717, 1.165) is 17.4 Å². The molecule has 0 amide bonds. The Labute approximate surface area is 78.6 Å². The van der Waals surface area contributed by atoms with E-state index in [1.54, 1.807) is 0 Å². The summed E-state index contributed by atoms with van der Waals surface area (Å²) in [5.74, 6) is 0.830. The van der Waals surface area contributed by atoms with Crippen molar-refractivity contribution in [1.82, 2.24) is 0 Å². The predicted octanol–water partition coefficient (Wildman–Crippen LogP) is 3.46. The number of hydrogen-bond acceptors (Lipinski definition) is 0. The summed E-state index contributed by atoms with van der Waals surface area (Å²) in [6.45, 7) is 2.31. The first kappa shape index (κ1) is 8.12. The summed E-state index contributed by atoms with van der Waals surface area (Å²) in [6, 6.07) is 6.26. The van der Waals surface area contributed by atoms with Gasteiger partial charge in [-0.05, 0) is 42.4 Å². The van der Waals surface area contributed by atoms with E-state index >= 15 is 0 Å². The summed E-state index contributed by atoms with van der Waals surface area (Å²) in [5, 5.41) is 0.958. The molecule has 0 aromatic heterocycles. The smallest absolute Gasteiger partial charge is 0.0440 e. The molecular weight excluding hydrogens is 168 g/mol. The van der Waals surface area contributed by atoms with Crippen LogP contribution in [0, 0.1) is 5.92 Å². The lowest BCUT2D eigenvalue weighted by atomic mass is 9.85. The minimum Gasteiger partial charge on any atom is -0.0840 e. The van der Waals surface area contributed by atoms with Gasteiger partial charge in [-0.3, -0.25) is 0 Å². The fraction of sp³-hybridized carbons (Fsp3) is 0.455. The molecule has 0 aliphatic heterocycles. The number of rotatable bonds is 0. The number of fused-ring (bicyclic) bond motifs is 1. The second-order valence-electron chi connectivity index (χ2n) is 3.73. The van der Waals surface area contributed by atoms with Gasteiger partial charge in [0.15, 0.2) is 0 Å². The summed E-state index contributed by atoms with van der Waals surface area (Å²) in [5.41, 5.74) is 2.85. The van der Waals surface area contributed by atoms with Crippen molar-refractivity contribution in [2.24, 2.45) is 5.92 Å². The lowest BCUT2D eigenvalue weighted by Gasteiger charge is -2.21. The van der Waals surface area contributed by atoms with Crippen molar-refractivity contribution in [3.8, 4) is 0 Å². The van der Waals surface area contributed by atoms with Gasteiger partial charge in [-0.1, -0.05) is 30.7 Å². The fourth-order valence-corrected chi connectivity index (χ4v) is 2.23. The molecule has 2 rings (SSSR count). The second-order valence-corrected chi connectivity index (χ2v) is 4.13. The van der Waals surface area contributed by atoms with Crippen LogP contribution in [0.25, 0.3) is 0 Å². The van der Waals surface area contributed by atoms with E-state index in [2.05, 4.69) is 19.1 Å². The molecule has 1 heteroatoms. The highest BCUT2D eigenvalue weighted by Crippen LogP contribution is 2.29. The maximum atomic E-state index is 6.09. The van der Waals surface area contributed by atoms with Crippen LogP contribution in [-0.4, -0.2) is 0 Å². The minimum absolute atomic E-state index is 0.830. The molecule has 0 bridgehead atoms. The van der Waals surface area contributed by atoms with Crippen molar-refractivity contribution in [2.45, 2.75) is 26.2 Å². The minimum atomic E-state index is 0.830. The maximum Gasteiger partial charge on any atom is 0.0440 e. The topological polar surface area (TPSA) is 0 Å². The molecule has 0 saturated heterocycles. The van der Waals surface area contributed by atoms with Gasteiger partial charge >= 0.3 is 0 Å². The molecule has 1 aromatic rings. The standard InChI is InChI=1S/C11H13Cl/c1-8-5-6-10-9(7-8)3-2-4-11(10)12/h2-4,8H,5-7H2,1H3. The van der Waals surface area contributed by atoms with Gasteiger partial charge in [-0.2, -0.15) is 0 Å². The molecule has 1 aromatic carbocycles. The van der Waals surface area contributed by atoms with E-state index in [1.807, 2.05) is 6.07 Å². The Balaban J connectivity index is 2.42. The molecule has 0 radical (unpaired) electrons. The Kier molecular flexibility index (Phi) is 2.10. The summed E-state index contributed by atoms with van der Waals surface area (Å²) in [6.07, 6.45) is 3.66. The van der Waals surface area contributed by atoms with E-state index in [0.29, 0.717) is 0 Å². The number of hydrogen-bond donors (Lipinski definition) is 0. The van der Waals surface area contributed by atoms with Crippen molar-refractivity contribution in [3.05, 3.63) is 34.3 Å². The van der Waals surface area contributed by atoms with E-state index in [4.69, 9.17) is 11.6 Å². The average molecular weight is 181 g/mol. The van der Waals surface area contributed by atoms with E-state index in [-0.39, 0.29) is 0 Å². The van der Waals surface area contributed by atoms with Gasteiger partial charge in [0.2, 0.25) is 0 Å². The molecule has 0 heterocycles. The molecule has 0 nitrogen and oxygen atoms in total. The van der Waals surface area contributed by atoms with Gasteiger partial charge < -0.3 is 0 Å². The normalized spacial score (nSPS) is 22.0. The third kappa shape index (κ3) is 1.36. The van der Waals surface area contributed by atoms with Gasteiger partial charge in [0, 0.05) is 5.02 Å². The molecular formula is C11H13Cl. The first-order valence-corrected chi connectivity index (χ1v) is 4.91. The first-order valence-electron chi connectivity index (χ1n) is 4.53. The Morgan fingerprint density at radius 3 is 3.08 bits per heavy atom. The third-order valence-corrected chi connectivity index (χ3v) is 3.03. The zero-order valence-corrected chi connectivity index (χ0v) is 8.06. The fourth-order valence-electron chi connectivity index (χ4n) is 1.94. The van der Waals surface area contributed by atoms with Crippen LogP contribution in [0.3, 0.4) is 0 Å². The largest absolute Gasteiger partial charge is 0.0840 e.